The number of rotatable bonds is 5. The summed E-state index contributed by atoms with van der Waals surface area (Å²) in [6, 6.07) is 97.4. The number of nitrogens with zero attached hydrogens (tertiary/aromatic N) is 1. The Morgan fingerprint density at radius 1 is 0.303 bits per heavy atom. The summed E-state index contributed by atoms with van der Waals surface area (Å²) in [5, 5.41) is 2.51. The molecule has 2 aliphatic rings. The normalized spacial score (nSPS) is 12.9. The molecule has 1 heteroatoms. The highest BCUT2D eigenvalue weighted by molar-refractivity contribution is 6.10. The Balaban J connectivity index is 0.000000202. The fraction of sp³-hybridized carbons (Fsp3) is 0.120. The first-order valence-electron chi connectivity index (χ1n) is 27.0. The summed E-state index contributed by atoms with van der Waals surface area (Å²) < 4.78 is 2.46. The van der Waals surface area contributed by atoms with Crippen LogP contribution in [0.5, 0.6) is 0 Å². The molecule has 1 aromatic heterocycles. The van der Waals surface area contributed by atoms with E-state index in [9.17, 15) is 0 Å². The lowest BCUT2D eigenvalue weighted by Gasteiger charge is -2.34. The van der Waals surface area contributed by atoms with Crippen molar-refractivity contribution in [3.05, 3.63) is 317 Å². The van der Waals surface area contributed by atoms with Crippen molar-refractivity contribution in [3.63, 3.8) is 0 Å². The van der Waals surface area contributed by atoms with E-state index in [0.29, 0.717) is 0 Å². The molecular formula is C75H65N. The highest BCUT2D eigenvalue weighted by atomic mass is 15.0. The van der Waals surface area contributed by atoms with E-state index in [-0.39, 0.29) is 5.41 Å². The number of aromatic nitrogens is 1. The molecule has 11 aromatic carbocycles. The SMILES string of the molecule is CC.Cc1ccc2c(c1)C(C)(C)c1ccccc1-2.Cc1ccccc1.Cc1ccccc1-c1cccc(-c2ccc3c(c2)c2ccccc2n3-c2ccc3c(c2)C(c2ccccc2)(c2ccccc2)c2ccccc2-3)c1. The van der Waals surface area contributed by atoms with Crippen LogP contribution in [0.25, 0.3) is 72.0 Å². The molecule has 0 fully saturated rings. The number of para-hydroxylation sites is 1. The van der Waals surface area contributed by atoms with Crippen LogP contribution in [0, 0.1) is 20.8 Å². The third-order valence-electron chi connectivity index (χ3n) is 15.7. The summed E-state index contributed by atoms with van der Waals surface area (Å²) in [6.07, 6.45) is 0. The van der Waals surface area contributed by atoms with E-state index in [0.717, 1.165) is 0 Å². The minimum Gasteiger partial charge on any atom is -0.309 e. The molecule has 14 rings (SSSR count). The van der Waals surface area contributed by atoms with E-state index in [1.54, 1.807) is 0 Å². The fourth-order valence-corrected chi connectivity index (χ4v) is 12.1. The van der Waals surface area contributed by atoms with Crippen molar-refractivity contribution in [2.75, 3.05) is 0 Å². The number of fused-ring (bicyclic) bond motifs is 9. The summed E-state index contributed by atoms with van der Waals surface area (Å²) >= 11 is 0. The molecule has 0 spiro atoms. The third-order valence-corrected chi connectivity index (χ3v) is 15.7. The maximum Gasteiger partial charge on any atom is 0.0714 e. The van der Waals surface area contributed by atoms with E-state index in [4.69, 9.17) is 0 Å². The second-order valence-electron chi connectivity index (χ2n) is 20.6. The quantitative estimate of drug-likeness (QED) is 0.162. The molecule has 0 saturated heterocycles. The van der Waals surface area contributed by atoms with Crippen LogP contribution in [-0.2, 0) is 10.8 Å². The predicted molar refractivity (Wildman–Crippen MR) is 325 cm³/mol. The van der Waals surface area contributed by atoms with Gasteiger partial charge in [-0.1, -0.05) is 269 Å². The van der Waals surface area contributed by atoms with E-state index in [2.05, 4.69) is 288 Å². The molecule has 0 bridgehead atoms. The van der Waals surface area contributed by atoms with E-state index < -0.39 is 5.41 Å². The molecule has 370 valence electrons. The van der Waals surface area contributed by atoms with Gasteiger partial charge in [0.2, 0.25) is 0 Å². The monoisotopic (exact) mass is 980 g/mol. The van der Waals surface area contributed by atoms with Crippen LogP contribution in [0.4, 0.5) is 0 Å². The Morgan fingerprint density at radius 2 is 0.816 bits per heavy atom. The highest BCUT2D eigenvalue weighted by Crippen LogP contribution is 2.57. The number of aryl methyl sites for hydroxylation is 3. The molecule has 0 atom stereocenters. The van der Waals surface area contributed by atoms with Crippen LogP contribution in [0.3, 0.4) is 0 Å². The van der Waals surface area contributed by atoms with Crippen LogP contribution in [-0.4, -0.2) is 4.57 Å². The lowest BCUT2D eigenvalue weighted by molar-refractivity contribution is 0.660. The van der Waals surface area contributed by atoms with Crippen molar-refractivity contribution in [1.82, 2.24) is 4.57 Å². The smallest absolute Gasteiger partial charge is 0.0714 e. The van der Waals surface area contributed by atoms with Crippen LogP contribution >= 0.6 is 0 Å². The Bertz CT molecular complexity index is 3970. The van der Waals surface area contributed by atoms with Gasteiger partial charge in [0.25, 0.3) is 0 Å². The zero-order chi connectivity index (χ0) is 52.4. The third kappa shape index (κ3) is 8.66. The molecule has 0 radical (unpaired) electrons. The Hall–Kier alpha value is -8.78. The molecule has 1 heterocycles. The zero-order valence-electron chi connectivity index (χ0n) is 44.9. The van der Waals surface area contributed by atoms with Gasteiger partial charge < -0.3 is 4.57 Å². The van der Waals surface area contributed by atoms with Crippen LogP contribution in [0.15, 0.2) is 267 Å². The molecule has 0 amide bonds. The maximum absolute atomic E-state index is 2.46. The van der Waals surface area contributed by atoms with Gasteiger partial charge in [-0.15, -0.1) is 0 Å². The molecule has 0 N–H and O–H groups in total. The van der Waals surface area contributed by atoms with Gasteiger partial charge in [-0.05, 0) is 141 Å². The minimum atomic E-state index is -0.446. The molecule has 2 aliphatic carbocycles. The number of benzene rings is 11. The standard InChI is InChI=1S/C50H35N.C16H16.C7H8.C2H6/c1-34-15-8-9-22-41(34)37-17-14-16-35(31-37)36-27-30-49-45(32-36)44-24-11-13-26-48(44)51(49)40-28-29-43-42-23-10-12-25-46(42)50(47(43)33-40,38-18-4-2-5-19-38)39-20-6-3-7-21-39;1-11-8-9-13-12-6-4-5-7-14(12)16(2,3)15(13)10-11;1-7-5-3-2-4-6-7;1-2/h2-33H,1H3;4-10H,1-3H3;2-6H,1H3;1-2H3. The van der Waals surface area contributed by atoms with Crippen molar-refractivity contribution >= 4 is 21.8 Å². The lowest BCUT2D eigenvalue weighted by atomic mass is 9.67. The highest BCUT2D eigenvalue weighted by Gasteiger charge is 2.46. The second-order valence-corrected chi connectivity index (χ2v) is 20.6. The van der Waals surface area contributed by atoms with Crippen LogP contribution in [0.2, 0.25) is 0 Å². The van der Waals surface area contributed by atoms with Gasteiger partial charge in [0.1, 0.15) is 0 Å². The van der Waals surface area contributed by atoms with Gasteiger partial charge in [0, 0.05) is 21.9 Å². The summed E-state index contributed by atoms with van der Waals surface area (Å²) in [7, 11) is 0. The molecule has 1 nitrogen and oxygen atoms in total. The lowest BCUT2D eigenvalue weighted by Crippen LogP contribution is -2.28. The predicted octanol–water partition coefficient (Wildman–Crippen LogP) is 20.1. The summed E-state index contributed by atoms with van der Waals surface area (Å²) in [5.41, 5.74) is 25.7. The van der Waals surface area contributed by atoms with Gasteiger partial charge >= 0.3 is 0 Å². The Morgan fingerprint density at radius 3 is 1.49 bits per heavy atom. The van der Waals surface area contributed by atoms with E-state index in [1.807, 2.05) is 32.0 Å². The van der Waals surface area contributed by atoms with Crippen molar-refractivity contribution < 1.29 is 0 Å². The molecular weight excluding hydrogens is 915 g/mol. The first-order chi connectivity index (χ1) is 37.2. The number of hydrogen-bond acceptors (Lipinski definition) is 0. The molecule has 76 heavy (non-hydrogen) atoms. The Kier molecular flexibility index (Phi) is 13.6. The van der Waals surface area contributed by atoms with Gasteiger partial charge in [-0.25, -0.2) is 0 Å². The average Bonchev–Trinajstić information content (AvgIpc) is 4.28. The zero-order valence-corrected chi connectivity index (χ0v) is 44.9. The number of hydrogen-bond donors (Lipinski definition) is 0. The first-order valence-corrected chi connectivity index (χ1v) is 27.0. The largest absolute Gasteiger partial charge is 0.309 e. The topological polar surface area (TPSA) is 4.93 Å². The molecule has 12 aromatic rings. The van der Waals surface area contributed by atoms with Crippen molar-refractivity contribution in [2.45, 2.75) is 59.3 Å². The average molecular weight is 980 g/mol. The van der Waals surface area contributed by atoms with E-state index in [1.165, 1.54) is 122 Å². The summed E-state index contributed by atoms with van der Waals surface area (Å²) in [4.78, 5) is 0. The fourth-order valence-electron chi connectivity index (χ4n) is 12.1. The molecule has 0 aliphatic heterocycles. The van der Waals surface area contributed by atoms with Crippen molar-refractivity contribution in [3.8, 4) is 50.2 Å². The molecule has 0 unspecified atom stereocenters. The Labute approximate surface area is 450 Å². The van der Waals surface area contributed by atoms with Gasteiger partial charge in [0.15, 0.2) is 0 Å². The van der Waals surface area contributed by atoms with Crippen molar-refractivity contribution in [2.24, 2.45) is 0 Å². The van der Waals surface area contributed by atoms with Crippen LogP contribution in [0.1, 0.15) is 77.8 Å². The van der Waals surface area contributed by atoms with Gasteiger partial charge in [0.05, 0.1) is 16.4 Å². The second kappa shape index (κ2) is 20.9. The summed E-state index contributed by atoms with van der Waals surface area (Å²) in [6.45, 7) is 15.1. The summed E-state index contributed by atoms with van der Waals surface area (Å²) in [5.74, 6) is 0. The van der Waals surface area contributed by atoms with Gasteiger partial charge in [-0.3, -0.25) is 0 Å². The maximum atomic E-state index is 2.46. The van der Waals surface area contributed by atoms with E-state index >= 15 is 0 Å². The van der Waals surface area contributed by atoms with Crippen molar-refractivity contribution in [1.29, 1.82) is 0 Å². The van der Waals surface area contributed by atoms with Crippen LogP contribution < -0.4 is 0 Å². The first kappa shape index (κ1) is 49.4. The minimum absolute atomic E-state index is 0.151. The van der Waals surface area contributed by atoms with Gasteiger partial charge in [-0.2, -0.15) is 0 Å². The molecule has 0 saturated carbocycles.